The molecule has 2 N–H and O–H groups in total. The fourth-order valence-corrected chi connectivity index (χ4v) is 3.78. The van der Waals surface area contributed by atoms with Crippen LogP contribution in [0.4, 0.5) is 4.79 Å². The van der Waals surface area contributed by atoms with E-state index < -0.39 is 47.2 Å². The van der Waals surface area contributed by atoms with Crippen LogP contribution in [-0.2, 0) is 19.1 Å². The van der Waals surface area contributed by atoms with Crippen molar-refractivity contribution in [3.05, 3.63) is 30.0 Å². The maximum atomic E-state index is 13.5. The maximum Gasteiger partial charge on any atom is 0.430 e. The summed E-state index contributed by atoms with van der Waals surface area (Å²) >= 11 is 0. The van der Waals surface area contributed by atoms with Gasteiger partial charge in [-0.3, -0.25) is 14.4 Å². The molecular formula is C30H44N4O8. The minimum absolute atomic E-state index is 0.0157. The largest absolute Gasteiger partial charge is 0.493 e. The molecule has 232 valence electrons. The summed E-state index contributed by atoms with van der Waals surface area (Å²) in [5, 5.41) is 11.2. The summed E-state index contributed by atoms with van der Waals surface area (Å²) in [5.74, 6) is -1.19. The quantitative estimate of drug-likeness (QED) is 0.219. The molecule has 1 heterocycles. The Balaban J connectivity index is 2.26. The number of furan rings is 1. The lowest BCUT2D eigenvalue weighted by atomic mass is 10.0. The molecule has 0 aliphatic rings. The predicted octanol–water partition coefficient (Wildman–Crippen LogP) is 4.66. The van der Waals surface area contributed by atoms with E-state index in [1.165, 1.54) is 20.4 Å². The van der Waals surface area contributed by atoms with Crippen molar-refractivity contribution in [1.29, 1.82) is 0 Å². The lowest BCUT2D eigenvalue weighted by molar-refractivity contribution is -0.155. The van der Waals surface area contributed by atoms with Crippen molar-refractivity contribution in [2.75, 3.05) is 14.2 Å². The number of benzene rings is 1. The van der Waals surface area contributed by atoms with Crippen molar-refractivity contribution >= 4 is 41.1 Å². The number of hydrogen-bond donors (Lipinski definition) is 2. The van der Waals surface area contributed by atoms with E-state index in [0.29, 0.717) is 23.1 Å². The van der Waals surface area contributed by atoms with Crippen LogP contribution in [0.3, 0.4) is 0 Å². The summed E-state index contributed by atoms with van der Waals surface area (Å²) in [6, 6.07) is 4.92. The number of nitrogens with one attached hydrogen (secondary N) is 2. The van der Waals surface area contributed by atoms with E-state index in [1.54, 1.807) is 65.8 Å². The Hall–Kier alpha value is -4.09. The number of nitrogens with zero attached hydrogens (tertiary/aromatic N) is 2. The molecule has 0 fully saturated rings. The Kier molecular flexibility index (Phi) is 11.5. The van der Waals surface area contributed by atoms with Gasteiger partial charge >= 0.3 is 12.1 Å². The van der Waals surface area contributed by atoms with Crippen LogP contribution in [-0.4, -0.2) is 72.5 Å². The first-order chi connectivity index (χ1) is 19.4. The number of rotatable bonds is 11. The van der Waals surface area contributed by atoms with Gasteiger partial charge in [-0.15, -0.1) is 0 Å². The number of ether oxygens (including phenoxy) is 3. The maximum absolute atomic E-state index is 13.5. The van der Waals surface area contributed by atoms with Crippen LogP contribution >= 0.6 is 0 Å². The summed E-state index contributed by atoms with van der Waals surface area (Å²) in [7, 11) is 2.89. The normalized spacial score (nSPS) is 13.5. The van der Waals surface area contributed by atoms with Gasteiger partial charge in [0, 0.05) is 18.6 Å². The molecule has 2 aromatic rings. The predicted molar refractivity (Wildman–Crippen MR) is 158 cm³/mol. The average Bonchev–Trinajstić information content (AvgIpc) is 3.29. The summed E-state index contributed by atoms with van der Waals surface area (Å²) in [6.07, 6.45) is 0.578. The van der Waals surface area contributed by atoms with Gasteiger partial charge in [-0.1, -0.05) is 26.0 Å². The number of hydrogen-bond acceptors (Lipinski definition) is 9. The van der Waals surface area contributed by atoms with Crippen LogP contribution in [0.15, 0.2) is 33.8 Å². The summed E-state index contributed by atoms with van der Waals surface area (Å²) in [4.78, 5) is 51.6. The smallest absolute Gasteiger partial charge is 0.430 e. The molecule has 1 aromatic carbocycles. The molecule has 0 radical (unpaired) electrons. The molecule has 2 rings (SSSR count). The molecule has 0 saturated carbocycles. The molecular weight excluding hydrogens is 544 g/mol. The van der Waals surface area contributed by atoms with E-state index in [1.807, 2.05) is 13.8 Å². The van der Waals surface area contributed by atoms with E-state index >= 15 is 0 Å². The third-order valence-corrected chi connectivity index (χ3v) is 5.49. The summed E-state index contributed by atoms with van der Waals surface area (Å²) < 4.78 is 21.8. The van der Waals surface area contributed by atoms with Gasteiger partial charge in [0.2, 0.25) is 5.91 Å². The Morgan fingerprint density at radius 2 is 1.67 bits per heavy atom. The van der Waals surface area contributed by atoms with Crippen LogP contribution < -0.4 is 15.4 Å². The first kappa shape index (κ1) is 34.1. The van der Waals surface area contributed by atoms with E-state index in [2.05, 4.69) is 15.7 Å². The fourth-order valence-electron chi connectivity index (χ4n) is 3.78. The molecule has 0 spiro atoms. The molecule has 12 nitrogen and oxygen atoms in total. The average molecular weight is 589 g/mol. The third-order valence-electron chi connectivity index (χ3n) is 5.49. The monoisotopic (exact) mass is 588 g/mol. The van der Waals surface area contributed by atoms with Crippen LogP contribution in [0, 0.1) is 5.92 Å². The first-order valence-electron chi connectivity index (χ1n) is 13.8. The zero-order chi connectivity index (χ0) is 31.8. The van der Waals surface area contributed by atoms with E-state index in [4.69, 9.17) is 18.6 Å². The molecule has 0 aliphatic carbocycles. The molecule has 1 aromatic heterocycles. The Morgan fingerprint density at radius 3 is 2.24 bits per heavy atom. The van der Waals surface area contributed by atoms with Crippen LogP contribution in [0.2, 0.25) is 0 Å². The summed E-state index contributed by atoms with van der Waals surface area (Å²) in [6.45, 7) is 14.2. The Bertz CT molecular complexity index is 1290. The second kappa shape index (κ2) is 14.2. The van der Waals surface area contributed by atoms with E-state index in [0.717, 1.165) is 5.01 Å². The van der Waals surface area contributed by atoms with Gasteiger partial charge in [0.15, 0.2) is 17.1 Å². The second-order valence-electron chi connectivity index (χ2n) is 12.3. The van der Waals surface area contributed by atoms with Gasteiger partial charge in [-0.2, -0.15) is 5.10 Å². The Morgan fingerprint density at radius 1 is 1.02 bits per heavy atom. The SMILES string of the molecule is COc1cccc2cc(C(=O)N[C@@H](CC(C)C)C(=O)N[C@H](/C=N/N(C)C(=O)OC(C)(C)C)CC(=O)OC(C)(C)C)oc12. The lowest BCUT2D eigenvalue weighted by Crippen LogP contribution is -2.51. The Labute approximate surface area is 247 Å². The number of fused-ring (bicyclic) bond motifs is 1. The van der Waals surface area contributed by atoms with Gasteiger partial charge in [-0.05, 0) is 66.0 Å². The van der Waals surface area contributed by atoms with Crippen molar-refractivity contribution in [3.63, 3.8) is 0 Å². The van der Waals surface area contributed by atoms with Gasteiger partial charge in [0.05, 0.1) is 19.6 Å². The third kappa shape index (κ3) is 11.1. The molecule has 0 aliphatic heterocycles. The van der Waals surface area contributed by atoms with Crippen LogP contribution in [0.5, 0.6) is 5.75 Å². The fraction of sp³-hybridized carbons (Fsp3) is 0.567. The lowest BCUT2D eigenvalue weighted by Gasteiger charge is -2.25. The van der Waals surface area contributed by atoms with Crippen molar-refractivity contribution < 1.29 is 37.8 Å². The van der Waals surface area contributed by atoms with Gasteiger partial charge in [0.25, 0.3) is 5.91 Å². The van der Waals surface area contributed by atoms with Crippen molar-refractivity contribution in [3.8, 4) is 5.75 Å². The number of esters is 1. The second-order valence-corrected chi connectivity index (χ2v) is 12.3. The van der Waals surface area contributed by atoms with Crippen LogP contribution in [0.25, 0.3) is 11.0 Å². The highest BCUT2D eigenvalue weighted by Gasteiger charge is 2.28. The van der Waals surface area contributed by atoms with E-state index in [-0.39, 0.29) is 18.1 Å². The number of methoxy groups -OCH3 is 1. The molecule has 12 heteroatoms. The zero-order valence-electron chi connectivity index (χ0n) is 26.2. The number of carbonyl (C=O) groups excluding carboxylic acids is 4. The summed E-state index contributed by atoms with van der Waals surface area (Å²) in [5.41, 5.74) is -1.07. The molecule has 0 bridgehead atoms. The van der Waals surface area contributed by atoms with Gasteiger partial charge in [0.1, 0.15) is 17.2 Å². The number of amides is 3. The topological polar surface area (TPSA) is 149 Å². The van der Waals surface area contributed by atoms with Gasteiger partial charge in [-0.25, -0.2) is 9.80 Å². The zero-order valence-corrected chi connectivity index (χ0v) is 26.2. The molecule has 42 heavy (non-hydrogen) atoms. The van der Waals surface area contributed by atoms with E-state index in [9.17, 15) is 19.2 Å². The van der Waals surface area contributed by atoms with Crippen LogP contribution in [0.1, 0.15) is 78.8 Å². The molecule has 0 unspecified atom stereocenters. The van der Waals surface area contributed by atoms with Crippen molar-refractivity contribution in [2.45, 2.75) is 91.5 Å². The minimum Gasteiger partial charge on any atom is -0.493 e. The minimum atomic E-state index is -0.967. The highest BCUT2D eigenvalue weighted by atomic mass is 16.6. The standard InChI is InChI=1S/C30H44N4O8/c1-18(2)14-21(33-27(37)23-15-19-12-11-13-22(39-10)25(19)40-23)26(36)32-20(16-24(35)41-29(3,4)5)17-31-34(9)28(38)42-30(6,7)8/h11-13,15,17-18,20-21H,14,16H2,1-10H3,(H,32,36)(H,33,37)/b31-17+/t20-,21-/m0/s1. The van der Waals surface area contributed by atoms with Gasteiger partial charge < -0.3 is 29.3 Å². The number of hydrazone groups is 1. The highest BCUT2D eigenvalue weighted by Crippen LogP contribution is 2.28. The highest BCUT2D eigenvalue weighted by molar-refractivity contribution is 6.00. The van der Waals surface area contributed by atoms with Crippen molar-refractivity contribution in [2.24, 2.45) is 11.0 Å². The first-order valence-corrected chi connectivity index (χ1v) is 13.8. The molecule has 0 saturated heterocycles. The van der Waals surface area contributed by atoms with Crippen molar-refractivity contribution in [1.82, 2.24) is 15.6 Å². The molecule has 3 amide bonds. The molecule has 2 atom stereocenters. The number of para-hydroxylation sites is 1. The number of carbonyl (C=O) groups is 4.